The SMILES string of the molecule is CNS(=O)(=O)c1ccc(I)c(C)c1. The zero-order valence-corrected chi connectivity index (χ0v) is 10.3. The molecule has 0 unspecified atom stereocenters. The standard InChI is InChI=1S/C8H10INO2S/c1-6-5-7(3-4-8(6)9)13(11,12)10-2/h3-5,10H,1-2H3. The van der Waals surface area contributed by atoms with Gasteiger partial charge in [-0.2, -0.15) is 0 Å². The van der Waals surface area contributed by atoms with E-state index in [9.17, 15) is 8.42 Å². The van der Waals surface area contributed by atoms with Crippen molar-refractivity contribution in [2.24, 2.45) is 0 Å². The maximum Gasteiger partial charge on any atom is 0.240 e. The third-order valence-corrected chi connectivity index (χ3v) is 4.33. The van der Waals surface area contributed by atoms with Crippen LogP contribution in [0.4, 0.5) is 0 Å². The van der Waals surface area contributed by atoms with Crippen LogP contribution in [0, 0.1) is 10.5 Å². The summed E-state index contributed by atoms with van der Waals surface area (Å²) in [5.74, 6) is 0. The molecular formula is C8H10INO2S. The molecule has 0 heterocycles. The molecule has 5 heteroatoms. The highest BCUT2D eigenvalue weighted by Crippen LogP contribution is 2.16. The van der Waals surface area contributed by atoms with E-state index < -0.39 is 10.0 Å². The number of sulfonamides is 1. The molecule has 3 nitrogen and oxygen atoms in total. The molecule has 72 valence electrons. The highest BCUT2D eigenvalue weighted by molar-refractivity contribution is 14.1. The largest absolute Gasteiger partial charge is 0.240 e. The molecule has 0 aliphatic heterocycles. The van der Waals surface area contributed by atoms with Gasteiger partial charge in [-0.1, -0.05) is 0 Å². The predicted octanol–water partition coefficient (Wildman–Crippen LogP) is 1.51. The molecule has 0 amide bonds. The molecular weight excluding hydrogens is 301 g/mol. The summed E-state index contributed by atoms with van der Waals surface area (Å²) in [6.45, 7) is 1.89. The van der Waals surface area contributed by atoms with Crippen molar-refractivity contribution in [1.29, 1.82) is 0 Å². The number of benzene rings is 1. The first-order chi connectivity index (χ1) is 5.97. The molecule has 13 heavy (non-hydrogen) atoms. The highest BCUT2D eigenvalue weighted by atomic mass is 127. The van der Waals surface area contributed by atoms with E-state index in [1.165, 1.54) is 7.05 Å². The van der Waals surface area contributed by atoms with Crippen molar-refractivity contribution in [2.75, 3.05) is 7.05 Å². The van der Waals surface area contributed by atoms with Gasteiger partial charge in [-0.25, -0.2) is 13.1 Å². The Labute approximate surface area is 91.7 Å². The van der Waals surface area contributed by atoms with Gasteiger partial charge in [0.05, 0.1) is 4.90 Å². The highest BCUT2D eigenvalue weighted by Gasteiger charge is 2.11. The van der Waals surface area contributed by atoms with E-state index in [-0.39, 0.29) is 0 Å². The zero-order chi connectivity index (χ0) is 10.1. The van der Waals surface area contributed by atoms with Gasteiger partial charge < -0.3 is 0 Å². The molecule has 0 radical (unpaired) electrons. The Bertz CT molecular complexity index is 414. The first kappa shape index (κ1) is 10.9. The fourth-order valence-corrected chi connectivity index (χ4v) is 2.05. The van der Waals surface area contributed by atoms with Crippen LogP contribution < -0.4 is 4.72 Å². The van der Waals surface area contributed by atoms with Crippen molar-refractivity contribution in [3.05, 3.63) is 27.3 Å². The van der Waals surface area contributed by atoms with Crippen molar-refractivity contribution < 1.29 is 8.42 Å². The van der Waals surface area contributed by atoms with Crippen molar-refractivity contribution in [3.63, 3.8) is 0 Å². The first-order valence-electron chi connectivity index (χ1n) is 3.67. The second-order valence-electron chi connectivity index (χ2n) is 2.62. The van der Waals surface area contributed by atoms with Gasteiger partial charge in [0.15, 0.2) is 0 Å². The molecule has 1 aromatic rings. The maximum atomic E-state index is 11.4. The van der Waals surface area contributed by atoms with Crippen LogP contribution in [0.2, 0.25) is 0 Å². The van der Waals surface area contributed by atoms with Gasteiger partial charge >= 0.3 is 0 Å². The van der Waals surface area contributed by atoms with E-state index in [0.717, 1.165) is 9.13 Å². The normalized spacial score (nSPS) is 11.6. The number of hydrogen-bond acceptors (Lipinski definition) is 2. The van der Waals surface area contributed by atoms with Gasteiger partial charge in [0, 0.05) is 3.57 Å². The molecule has 0 aliphatic carbocycles. The summed E-state index contributed by atoms with van der Waals surface area (Å²) in [6, 6.07) is 5.05. The Kier molecular flexibility index (Phi) is 3.31. The Morgan fingerprint density at radius 1 is 1.38 bits per heavy atom. The summed E-state index contributed by atoms with van der Waals surface area (Å²) in [4.78, 5) is 0.313. The molecule has 0 aliphatic rings. The van der Waals surface area contributed by atoms with Gasteiger partial charge in [0.1, 0.15) is 0 Å². The van der Waals surface area contributed by atoms with Crippen LogP contribution in [0.15, 0.2) is 23.1 Å². The smallest absolute Gasteiger partial charge is 0.214 e. The molecule has 0 atom stereocenters. The molecule has 0 bridgehead atoms. The number of hydrogen-bond donors (Lipinski definition) is 1. The summed E-state index contributed by atoms with van der Waals surface area (Å²) in [7, 11) is -1.89. The Hall–Kier alpha value is -0.140. The summed E-state index contributed by atoms with van der Waals surface area (Å²) < 4.78 is 26.0. The third kappa shape index (κ3) is 2.41. The summed E-state index contributed by atoms with van der Waals surface area (Å²) in [6.07, 6.45) is 0. The van der Waals surface area contributed by atoms with Crippen LogP contribution in [-0.2, 0) is 10.0 Å². The predicted molar refractivity (Wildman–Crippen MR) is 60.1 cm³/mol. The third-order valence-electron chi connectivity index (χ3n) is 1.71. The van der Waals surface area contributed by atoms with Crippen molar-refractivity contribution >= 4 is 32.6 Å². The summed E-state index contributed by atoms with van der Waals surface area (Å²) >= 11 is 2.17. The lowest BCUT2D eigenvalue weighted by Crippen LogP contribution is -2.18. The van der Waals surface area contributed by atoms with Crippen LogP contribution in [0.3, 0.4) is 0 Å². The fourth-order valence-electron chi connectivity index (χ4n) is 0.902. The van der Waals surface area contributed by atoms with E-state index in [0.29, 0.717) is 4.90 Å². The lowest BCUT2D eigenvalue weighted by Gasteiger charge is -2.04. The first-order valence-corrected chi connectivity index (χ1v) is 6.23. The van der Waals surface area contributed by atoms with Gasteiger partial charge in [0.2, 0.25) is 10.0 Å². The quantitative estimate of drug-likeness (QED) is 0.842. The fraction of sp³-hybridized carbons (Fsp3) is 0.250. The van der Waals surface area contributed by atoms with Crippen molar-refractivity contribution in [3.8, 4) is 0 Å². The molecule has 1 aromatic carbocycles. The van der Waals surface area contributed by atoms with E-state index in [1.54, 1.807) is 18.2 Å². The molecule has 0 aromatic heterocycles. The molecule has 1 rings (SSSR count). The summed E-state index contributed by atoms with van der Waals surface area (Å²) in [5, 5.41) is 0. The molecule has 0 fully saturated rings. The van der Waals surface area contributed by atoms with Gasteiger partial charge in [0.25, 0.3) is 0 Å². The van der Waals surface area contributed by atoms with Gasteiger partial charge in [-0.3, -0.25) is 0 Å². The minimum absolute atomic E-state index is 0.313. The molecule has 1 N–H and O–H groups in total. The lowest BCUT2D eigenvalue weighted by molar-refractivity contribution is 0.588. The van der Waals surface area contributed by atoms with Crippen LogP contribution in [0.5, 0.6) is 0 Å². The molecule has 0 saturated heterocycles. The van der Waals surface area contributed by atoms with Crippen LogP contribution in [-0.4, -0.2) is 15.5 Å². The topological polar surface area (TPSA) is 46.2 Å². The van der Waals surface area contributed by atoms with Crippen LogP contribution >= 0.6 is 22.6 Å². The van der Waals surface area contributed by atoms with E-state index >= 15 is 0 Å². The minimum Gasteiger partial charge on any atom is -0.214 e. The second kappa shape index (κ2) is 3.93. The average Bonchev–Trinajstić information content (AvgIpc) is 2.09. The van der Waals surface area contributed by atoms with E-state index in [1.807, 2.05) is 6.92 Å². The maximum absolute atomic E-state index is 11.4. The number of aryl methyl sites for hydroxylation is 1. The van der Waals surface area contributed by atoms with Crippen LogP contribution in [0.25, 0.3) is 0 Å². The molecule has 0 spiro atoms. The Morgan fingerprint density at radius 2 is 2.00 bits per heavy atom. The van der Waals surface area contributed by atoms with Gasteiger partial charge in [-0.05, 0) is 60.3 Å². The second-order valence-corrected chi connectivity index (χ2v) is 5.67. The number of rotatable bonds is 2. The van der Waals surface area contributed by atoms with Crippen molar-refractivity contribution in [1.82, 2.24) is 4.72 Å². The lowest BCUT2D eigenvalue weighted by atomic mass is 10.2. The van der Waals surface area contributed by atoms with E-state index in [2.05, 4.69) is 27.3 Å². The van der Waals surface area contributed by atoms with Gasteiger partial charge in [-0.15, -0.1) is 0 Å². The Balaban J connectivity index is 3.27. The van der Waals surface area contributed by atoms with Crippen molar-refractivity contribution in [2.45, 2.75) is 11.8 Å². The monoisotopic (exact) mass is 311 g/mol. The zero-order valence-electron chi connectivity index (χ0n) is 7.33. The average molecular weight is 311 g/mol. The number of nitrogens with one attached hydrogen (secondary N) is 1. The molecule has 0 saturated carbocycles. The minimum atomic E-state index is -3.29. The van der Waals surface area contributed by atoms with Crippen LogP contribution in [0.1, 0.15) is 5.56 Å². The summed E-state index contributed by atoms with van der Waals surface area (Å²) in [5.41, 5.74) is 0.969. The van der Waals surface area contributed by atoms with E-state index in [4.69, 9.17) is 0 Å². The number of halogens is 1. The Morgan fingerprint density at radius 3 is 2.46 bits per heavy atom.